The van der Waals surface area contributed by atoms with Gasteiger partial charge in [0.05, 0.1) is 11.4 Å². The van der Waals surface area contributed by atoms with E-state index in [2.05, 4.69) is 47.3 Å². The van der Waals surface area contributed by atoms with Gasteiger partial charge in [0.2, 0.25) is 0 Å². The Labute approximate surface area is 181 Å². The average molecular weight is 422 g/mol. The van der Waals surface area contributed by atoms with Crippen molar-refractivity contribution in [2.24, 2.45) is 0 Å². The van der Waals surface area contributed by atoms with E-state index in [9.17, 15) is 4.79 Å². The molecule has 1 saturated heterocycles. The molecule has 30 heavy (non-hydrogen) atoms. The lowest BCUT2D eigenvalue weighted by Gasteiger charge is -2.38. The third kappa shape index (κ3) is 4.30. The van der Waals surface area contributed by atoms with Gasteiger partial charge in [-0.3, -0.25) is 9.78 Å². The molecule has 1 aliphatic rings. The van der Waals surface area contributed by atoms with E-state index in [1.807, 2.05) is 25.1 Å². The second kappa shape index (κ2) is 8.66. The third-order valence-corrected chi connectivity index (χ3v) is 6.94. The molecule has 2 aromatic heterocycles. The molecule has 156 valence electrons. The summed E-state index contributed by atoms with van der Waals surface area (Å²) in [5.74, 6) is -0.0672. The molecule has 3 aromatic rings. The Morgan fingerprint density at radius 2 is 1.87 bits per heavy atom. The summed E-state index contributed by atoms with van der Waals surface area (Å²) >= 11 is 1.40. The highest BCUT2D eigenvalue weighted by atomic mass is 32.1. The first kappa shape index (κ1) is 20.7. The van der Waals surface area contributed by atoms with Crippen LogP contribution in [0.25, 0.3) is 10.7 Å². The molecular weight excluding hydrogens is 394 g/mol. The van der Waals surface area contributed by atoms with Gasteiger partial charge in [-0.05, 0) is 51.3 Å². The molecule has 0 radical (unpaired) electrons. The van der Waals surface area contributed by atoms with Gasteiger partial charge in [0.15, 0.2) is 0 Å². The van der Waals surface area contributed by atoms with Gasteiger partial charge in [0.1, 0.15) is 9.88 Å². The fourth-order valence-electron chi connectivity index (χ4n) is 4.15. The van der Waals surface area contributed by atoms with Crippen LogP contribution in [-0.2, 0) is 10.2 Å². The Morgan fingerprint density at radius 1 is 1.13 bits per heavy atom. The Hall–Kier alpha value is -2.57. The minimum absolute atomic E-state index is 0.0672. The maximum Gasteiger partial charge on any atom is 0.263 e. The number of pyridine rings is 1. The normalized spacial score (nSPS) is 15.7. The van der Waals surface area contributed by atoms with Crippen molar-refractivity contribution in [2.75, 3.05) is 19.8 Å². The van der Waals surface area contributed by atoms with Crippen LogP contribution < -0.4 is 5.32 Å². The number of amides is 1. The molecule has 0 atom stereocenters. The van der Waals surface area contributed by atoms with Crippen molar-refractivity contribution in [2.45, 2.75) is 39.0 Å². The summed E-state index contributed by atoms with van der Waals surface area (Å²) in [5, 5.41) is 3.98. The summed E-state index contributed by atoms with van der Waals surface area (Å²) in [6.45, 7) is 8.16. The predicted molar refractivity (Wildman–Crippen MR) is 120 cm³/mol. The first-order valence-corrected chi connectivity index (χ1v) is 11.1. The molecule has 3 heterocycles. The average Bonchev–Trinajstić information content (AvgIpc) is 3.14. The molecule has 0 aliphatic carbocycles. The van der Waals surface area contributed by atoms with Gasteiger partial charge in [-0.15, -0.1) is 11.3 Å². The van der Waals surface area contributed by atoms with Crippen LogP contribution in [0.2, 0.25) is 0 Å². The van der Waals surface area contributed by atoms with E-state index in [4.69, 9.17) is 4.74 Å². The number of aryl methyl sites for hydroxylation is 3. The van der Waals surface area contributed by atoms with Crippen LogP contribution >= 0.6 is 11.3 Å². The van der Waals surface area contributed by atoms with E-state index in [0.29, 0.717) is 24.6 Å². The van der Waals surface area contributed by atoms with Gasteiger partial charge in [-0.1, -0.05) is 35.4 Å². The topological polar surface area (TPSA) is 64.1 Å². The molecule has 0 saturated carbocycles. The van der Waals surface area contributed by atoms with E-state index >= 15 is 0 Å². The number of ether oxygens (including phenoxy) is 1. The predicted octanol–water partition coefficient (Wildman–Crippen LogP) is 4.61. The number of nitrogens with zero attached hydrogens (tertiary/aromatic N) is 2. The standard InChI is InChI=1S/C24H27N3O2S/c1-16-12-17(2)14-19(13-16)24(7-10-29-11-8-24)15-26-22(28)21-18(3)27-23(30-21)20-6-4-5-9-25-20/h4-6,9,12-14H,7-8,10-11,15H2,1-3H3,(H,26,28). The molecule has 1 N–H and O–H groups in total. The second-order valence-corrected chi connectivity index (χ2v) is 9.10. The fourth-order valence-corrected chi connectivity index (χ4v) is 5.11. The van der Waals surface area contributed by atoms with Crippen molar-refractivity contribution in [1.29, 1.82) is 0 Å². The lowest BCUT2D eigenvalue weighted by molar-refractivity contribution is 0.0487. The highest BCUT2D eigenvalue weighted by Gasteiger charge is 2.35. The lowest BCUT2D eigenvalue weighted by Crippen LogP contribution is -2.44. The van der Waals surface area contributed by atoms with Crippen molar-refractivity contribution < 1.29 is 9.53 Å². The monoisotopic (exact) mass is 421 g/mol. The first-order chi connectivity index (χ1) is 14.5. The zero-order valence-electron chi connectivity index (χ0n) is 17.7. The Morgan fingerprint density at radius 3 is 2.53 bits per heavy atom. The van der Waals surface area contributed by atoms with Crippen LogP contribution in [0.4, 0.5) is 0 Å². The van der Waals surface area contributed by atoms with Gasteiger partial charge in [-0.2, -0.15) is 0 Å². The number of rotatable bonds is 5. The number of benzene rings is 1. The lowest BCUT2D eigenvalue weighted by atomic mass is 9.73. The molecule has 0 bridgehead atoms. The third-order valence-electron chi connectivity index (χ3n) is 5.76. The fraction of sp³-hybridized carbons (Fsp3) is 0.375. The summed E-state index contributed by atoms with van der Waals surface area (Å²) in [7, 11) is 0. The van der Waals surface area contributed by atoms with E-state index in [1.54, 1.807) is 6.20 Å². The number of aromatic nitrogens is 2. The number of hydrogen-bond donors (Lipinski definition) is 1. The minimum atomic E-state index is -0.104. The first-order valence-electron chi connectivity index (χ1n) is 10.3. The molecule has 0 spiro atoms. The van der Waals surface area contributed by atoms with E-state index in [1.165, 1.54) is 28.0 Å². The Bertz CT molecular complexity index is 1020. The van der Waals surface area contributed by atoms with Gasteiger partial charge in [0.25, 0.3) is 5.91 Å². The Balaban J connectivity index is 1.56. The Kier molecular flexibility index (Phi) is 5.97. The van der Waals surface area contributed by atoms with Crippen LogP contribution in [0.3, 0.4) is 0 Å². The molecule has 1 aromatic carbocycles. The molecule has 4 rings (SSSR count). The van der Waals surface area contributed by atoms with E-state index < -0.39 is 0 Å². The van der Waals surface area contributed by atoms with E-state index in [0.717, 1.165) is 29.2 Å². The zero-order valence-corrected chi connectivity index (χ0v) is 18.5. The van der Waals surface area contributed by atoms with Gasteiger partial charge < -0.3 is 10.1 Å². The van der Waals surface area contributed by atoms with Crippen molar-refractivity contribution >= 4 is 17.2 Å². The van der Waals surface area contributed by atoms with Gasteiger partial charge >= 0.3 is 0 Å². The molecule has 0 unspecified atom stereocenters. The molecule has 6 heteroatoms. The summed E-state index contributed by atoms with van der Waals surface area (Å²) in [5.41, 5.74) is 5.22. The number of nitrogens with one attached hydrogen (secondary N) is 1. The number of carbonyl (C=O) groups excluding carboxylic acids is 1. The van der Waals surface area contributed by atoms with Gasteiger partial charge in [-0.25, -0.2) is 4.98 Å². The molecule has 1 fully saturated rings. The van der Waals surface area contributed by atoms with Gasteiger partial charge in [0, 0.05) is 31.4 Å². The van der Waals surface area contributed by atoms with Crippen molar-refractivity contribution in [3.05, 3.63) is 69.9 Å². The van der Waals surface area contributed by atoms with Crippen LogP contribution in [0.15, 0.2) is 42.6 Å². The van der Waals surface area contributed by atoms with Crippen LogP contribution in [0.1, 0.15) is 44.9 Å². The maximum absolute atomic E-state index is 13.1. The smallest absolute Gasteiger partial charge is 0.263 e. The van der Waals surface area contributed by atoms with Crippen molar-refractivity contribution in [1.82, 2.24) is 15.3 Å². The van der Waals surface area contributed by atoms with Crippen molar-refractivity contribution in [3.63, 3.8) is 0 Å². The summed E-state index contributed by atoms with van der Waals surface area (Å²) < 4.78 is 5.64. The summed E-state index contributed by atoms with van der Waals surface area (Å²) in [4.78, 5) is 22.6. The highest BCUT2D eigenvalue weighted by Crippen LogP contribution is 2.36. The van der Waals surface area contributed by atoms with Crippen LogP contribution in [0, 0.1) is 20.8 Å². The quantitative estimate of drug-likeness (QED) is 0.653. The molecule has 1 aliphatic heterocycles. The zero-order chi connectivity index (χ0) is 21.1. The van der Waals surface area contributed by atoms with Crippen LogP contribution in [0.5, 0.6) is 0 Å². The summed E-state index contributed by atoms with van der Waals surface area (Å²) in [6.07, 6.45) is 3.54. The second-order valence-electron chi connectivity index (χ2n) is 8.10. The van der Waals surface area contributed by atoms with Crippen molar-refractivity contribution in [3.8, 4) is 10.7 Å². The number of thiazole rings is 1. The minimum Gasteiger partial charge on any atom is -0.381 e. The molecule has 5 nitrogen and oxygen atoms in total. The summed E-state index contributed by atoms with van der Waals surface area (Å²) in [6, 6.07) is 12.4. The SMILES string of the molecule is Cc1cc(C)cc(C2(CNC(=O)c3sc(-c4ccccn4)nc3C)CCOCC2)c1. The number of hydrogen-bond acceptors (Lipinski definition) is 5. The number of carbonyl (C=O) groups is 1. The highest BCUT2D eigenvalue weighted by molar-refractivity contribution is 7.17. The van der Waals surface area contributed by atoms with Crippen LogP contribution in [-0.4, -0.2) is 35.6 Å². The molecule has 1 amide bonds. The largest absolute Gasteiger partial charge is 0.381 e. The van der Waals surface area contributed by atoms with E-state index in [-0.39, 0.29) is 11.3 Å². The maximum atomic E-state index is 13.1. The molecular formula is C24H27N3O2S.